The summed E-state index contributed by atoms with van der Waals surface area (Å²) in [5, 5.41) is 2.83. The molecule has 0 saturated heterocycles. The van der Waals surface area contributed by atoms with Gasteiger partial charge in [0.25, 0.3) is 0 Å². The maximum Gasteiger partial charge on any atom is 0.242 e. The summed E-state index contributed by atoms with van der Waals surface area (Å²) in [7, 11) is -3.61. The highest BCUT2D eigenvalue weighted by molar-refractivity contribution is 7.92. The Labute approximate surface area is 215 Å². The highest BCUT2D eigenvalue weighted by Crippen LogP contribution is 2.30. The average Bonchev–Trinajstić information content (AvgIpc) is 2.83. The smallest absolute Gasteiger partial charge is 0.242 e. The second kappa shape index (κ2) is 13.9. The van der Waals surface area contributed by atoms with Gasteiger partial charge in [-0.05, 0) is 56.9 Å². The van der Waals surface area contributed by atoms with Crippen LogP contribution in [0.15, 0.2) is 48.5 Å². The fourth-order valence-corrected chi connectivity index (χ4v) is 5.07. The fourth-order valence-electron chi connectivity index (χ4n) is 4.11. The molecule has 0 aliphatic carbocycles. The van der Waals surface area contributed by atoms with Crippen LogP contribution in [0.25, 0.3) is 0 Å². The van der Waals surface area contributed by atoms with Crippen molar-refractivity contribution in [3.05, 3.63) is 59.7 Å². The van der Waals surface area contributed by atoms with Crippen LogP contribution in [0.5, 0.6) is 5.75 Å². The quantitative estimate of drug-likeness (QED) is 0.410. The van der Waals surface area contributed by atoms with Gasteiger partial charge in [-0.25, -0.2) is 8.42 Å². The largest absolute Gasteiger partial charge is 0.492 e. The topological polar surface area (TPSA) is 96.0 Å². The molecule has 0 fully saturated rings. The van der Waals surface area contributed by atoms with E-state index >= 15 is 0 Å². The number of anilines is 1. The Morgan fingerprint density at radius 3 is 2.31 bits per heavy atom. The molecule has 0 unspecified atom stereocenters. The zero-order chi connectivity index (χ0) is 26.7. The van der Waals surface area contributed by atoms with Crippen LogP contribution < -0.4 is 14.4 Å². The third-order valence-corrected chi connectivity index (χ3v) is 7.10. The third-order valence-electron chi connectivity index (χ3n) is 5.92. The van der Waals surface area contributed by atoms with Crippen molar-refractivity contribution in [3.63, 3.8) is 0 Å². The number of carbonyl (C=O) groups excluding carboxylic acids is 2. The number of nitrogens with one attached hydrogen (secondary N) is 1. The van der Waals surface area contributed by atoms with E-state index in [2.05, 4.69) is 5.32 Å². The second-order valence-electron chi connectivity index (χ2n) is 8.61. The minimum absolute atomic E-state index is 0.102. The van der Waals surface area contributed by atoms with Crippen LogP contribution in [0.3, 0.4) is 0 Å². The van der Waals surface area contributed by atoms with Gasteiger partial charge in [0, 0.05) is 26.1 Å². The number of likely N-dealkylation sites (N-methyl/N-ethyl adjacent to an activating group) is 1. The Morgan fingerprint density at radius 2 is 1.69 bits per heavy atom. The van der Waals surface area contributed by atoms with Crippen molar-refractivity contribution < 1.29 is 22.7 Å². The average molecular weight is 518 g/mol. The second-order valence-corrected chi connectivity index (χ2v) is 10.5. The molecule has 36 heavy (non-hydrogen) atoms. The lowest BCUT2D eigenvalue weighted by molar-refractivity contribution is -0.141. The molecule has 0 saturated carbocycles. The number of sulfonamides is 1. The molecule has 9 heteroatoms. The molecular weight excluding hydrogens is 478 g/mol. The van der Waals surface area contributed by atoms with Gasteiger partial charge < -0.3 is 15.0 Å². The molecule has 0 radical (unpaired) electrons. The standard InChI is InChI=1S/C27H39N3O5S/c1-6-23(27(32)28-7-2)29(20-22-15-10-9-14-21(22)4)26(31)18-13-19-30(36(5,33)34)24-16-11-12-17-25(24)35-8-3/h9-12,14-17,23H,6-8,13,18-20H2,1-5H3,(H,28,32)/t23-/m1/s1. The van der Waals surface area contributed by atoms with Crippen LogP contribution in [0.1, 0.15) is 51.2 Å². The van der Waals surface area contributed by atoms with Gasteiger partial charge in [-0.2, -0.15) is 0 Å². The molecule has 0 aliphatic rings. The van der Waals surface area contributed by atoms with Crippen LogP contribution in [-0.4, -0.2) is 57.1 Å². The maximum absolute atomic E-state index is 13.5. The molecule has 1 atom stereocenters. The first kappa shape index (κ1) is 29.2. The Balaban J connectivity index is 2.25. The summed E-state index contributed by atoms with van der Waals surface area (Å²) in [6.07, 6.45) is 2.01. The molecule has 2 aromatic carbocycles. The van der Waals surface area contributed by atoms with Gasteiger partial charge in [-0.1, -0.05) is 43.3 Å². The van der Waals surface area contributed by atoms with Gasteiger partial charge in [-0.3, -0.25) is 13.9 Å². The molecule has 2 aromatic rings. The van der Waals surface area contributed by atoms with Crippen molar-refractivity contribution in [1.82, 2.24) is 10.2 Å². The minimum atomic E-state index is -3.61. The molecule has 0 aliphatic heterocycles. The molecule has 2 amide bonds. The van der Waals surface area contributed by atoms with Gasteiger partial charge in [0.05, 0.1) is 18.6 Å². The minimum Gasteiger partial charge on any atom is -0.492 e. The Bertz CT molecular complexity index is 1120. The van der Waals surface area contributed by atoms with E-state index in [1.165, 1.54) is 4.31 Å². The van der Waals surface area contributed by atoms with Crippen LogP contribution in [0.2, 0.25) is 0 Å². The lowest BCUT2D eigenvalue weighted by Crippen LogP contribution is -2.49. The fraction of sp³-hybridized carbons (Fsp3) is 0.481. The van der Waals surface area contributed by atoms with Gasteiger partial charge in [0.1, 0.15) is 11.8 Å². The molecule has 2 rings (SSSR count). The normalized spacial score (nSPS) is 12.0. The number of ether oxygens (including phenoxy) is 1. The lowest BCUT2D eigenvalue weighted by Gasteiger charge is -2.31. The van der Waals surface area contributed by atoms with Crippen molar-refractivity contribution in [1.29, 1.82) is 0 Å². The van der Waals surface area contributed by atoms with E-state index in [4.69, 9.17) is 4.74 Å². The summed E-state index contributed by atoms with van der Waals surface area (Å²) in [4.78, 5) is 27.9. The van der Waals surface area contributed by atoms with E-state index in [1.807, 2.05) is 52.0 Å². The number of amides is 2. The van der Waals surface area contributed by atoms with Crippen LogP contribution >= 0.6 is 0 Å². The zero-order valence-corrected chi connectivity index (χ0v) is 22.8. The van der Waals surface area contributed by atoms with E-state index in [1.54, 1.807) is 29.2 Å². The van der Waals surface area contributed by atoms with E-state index in [0.29, 0.717) is 44.0 Å². The number of benzene rings is 2. The van der Waals surface area contributed by atoms with E-state index in [-0.39, 0.29) is 24.8 Å². The molecule has 1 N–H and O–H groups in total. The van der Waals surface area contributed by atoms with Crippen LogP contribution in [0.4, 0.5) is 5.69 Å². The van der Waals surface area contributed by atoms with E-state index in [0.717, 1.165) is 17.4 Å². The number of hydrogen-bond acceptors (Lipinski definition) is 5. The number of rotatable bonds is 14. The van der Waals surface area contributed by atoms with Crippen molar-refractivity contribution in [2.45, 2.75) is 59.5 Å². The molecule has 0 heterocycles. The first-order valence-electron chi connectivity index (χ1n) is 12.4. The number of nitrogens with zero attached hydrogens (tertiary/aromatic N) is 2. The van der Waals surface area contributed by atoms with Crippen molar-refractivity contribution in [2.75, 3.05) is 30.3 Å². The predicted octanol–water partition coefficient (Wildman–Crippen LogP) is 3.88. The lowest BCUT2D eigenvalue weighted by atomic mass is 10.1. The van der Waals surface area contributed by atoms with Crippen molar-refractivity contribution >= 4 is 27.5 Å². The van der Waals surface area contributed by atoms with Gasteiger partial charge in [0.15, 0.2) is 0 Å². The molecule has 198 valence electrons. The summed E-state index contributed by atoms with van der Waals surface area (Å²) in [5.74, 6) is 0.0912. The first-order chi connectivity index (χ1) is 17.1. The molecule has 8 nitrogen and oxygen atoms in total. The van der Waals surface area contributed by atoms with Gasteiger partial charge in [-0.15, -0.1) is 0 Å². The van der Waals surface area contributed by atoms with Crippen LogP contribution in [0, 0.1) is 6.92 Å². The highest BCUT2D eigenvalue weighted by atomic mass is 32.2. The van der Waals surface area contributed by atoms with Gasteiger partial charge >= 0.3 is 0 Å². The molecule has 0 aromatic heterocycles. The SMILES string of the molecule is CCNC(=O)[C@@H](CC)N(Cc1ccccc1C)C(=O)CCCN(c1ccccc1OCC)S(C)(=O)=O. The Kier molecular flexibility index (Phi) is 11.2. The summed E-state index contributed by atoms with van der Waals surface area (Å²) >= 11 is 0. The van der Waals surface area contributed by atoms with Crippen LogP contribution in [-0.2, 0) is 26.2 Å². The zero-order valence-electron chi connectivity index (χ0n) is 22.0. The van der Waals surface area contributed by atoms with Gasteiger partial charge in [0.2, 0.25) is 21.8 Å². The Hall–Kier alpha value is -3.07. The Morgan fingerprint density at radius 1 is 1.03 bits per heavy atom. The summed E-state index contributed by atoms with van der Waals surface area (Å²) < 4.78 is 32.1. The number of aryl methyl sites for hydroxylation is 1. The number of carbonyl (C=O) groups is 2. The van der Waals surface area contributed by atoms with Crippen molar-refractivity contribution in [3.8, 4) is 5.75 Å². The van der Waals surface area contributed by atoms with E-state index in [9.17, 15) is 18.0 Å². The summed E-state index contributed by atoms with van der Waals surface area (Å²) in [6, 6.07) is 14.1. The monoisotopic (exact) mass is 517 g/mol. The first-order valence-corrected chi connectivity index (χ1v) is 14.3. The molecule has 0 spiro atoms. The molecular formula is C27H39N3O5S. The predicted molar refractivity (Wildman–Crippen MR) is 144 cm³/mol. The summed E-state index contributed by atoms with van der Waals surface area (Å²) in [6.45, 7) is 8.84. The van der Waals surface area contributed by atoms with Crippen molar-refractivity contribution in [2.24, 2.45) is 0 Å². The summed E-state index contributed by atoms with van der Waals surface area (Å²) in [5.41, 5.74) is 2.45. The third kappa shape index (κ3) is 7.98. The molecule has 0 bridgehead atoms. The van der Waals surface area contributed by atoms with E-state index < -0.39 is 16.1 Å². The number of hydrogen-bond donors (Lipinski definition) is 1. The highest BCUT2D eigenvalue weighted by Gasteiger charge is 2.29. The number of para-hydroxylation sites is 2. The maximum atomic E-state index is 13.5.